The number of rotatable bonds is 9. The van der Waals surface area contributed by atoms with Gasteiger partial charge in [-0.3, -0.25) is 25.1 Å². The first-order valence-electron chi connectivity index (χ1n) is 10.8. The summed E-state index contributed by atoms with van der Waals surface area (Å²) in [7, 11) is 0. The van der Waals surface area contributed by atoms with Crippen molar-refractivity contribution in [2.45, 2.75) is 51.1 Å². The normalized spacial score (nSPS) is 16.3. The van der Waals surface area contributed by atoms with E-state index in [1.165, 1.54) is 11.3 Å². The highest BCUT2D eigenvalue weighted by Gasteiger charge is 2.28. The molecule has 3 rings (SSSR count). The van der Waals surface area contributed by atoms with Gasteiger partial charge in [0.1, 0.15) is 11.9 Å². The fourth-order valence-electron chi connectivity index (χ4n) is 3.60. The predicted octanol–water partition coefficient (Wildman–Crippen LogP) is 1.72. The van der Waals surface area contributed by atoms with Crippen LogP contribution >= 0.6 is 11.3 Å². The lowest BCUT2D eigenvalue weighted by Crippen LogP contribution is -2.52. The maximum Gasteiger partial charge on any atom is 0.251 e. The van der Waals surface area contributed by atoms with Crippen LogP contribution in [0.3, 0.4) is 0 Å². The smallest absolute Gasteiger partial charge is 0.251 e. The molecule has 0 spiro atoms. The standard InChI is InChI=1S/C23H29N5O3S/c1-2-4-14-6-8-15(9-7-14)21(29)27-19(12-17-11-16(13-32-17)20(24)25)23(31)28-22(30)18-5-3-10-26-18/h6-9,11,13,18-19,26H,2-5,10,12H2,1H3,(H3,24,25)(H,27,29)(H,28,30,31)/t18-,19-/m0/s1. The molecule has 1 aromatic carbocycles. The molecule has 2 aromatic rings. The van der Waals surface area contributed by atoms with Gasteiger partial charge in [-0.2, -0.15) is 0 Å². The lowest BCUT2D eigenvalue weighted by atomic mass is 10.1. The van der Waals surface area contributed by atoms with Gasteiger partial charge in [-0.25, -0.2) is 0 Å². The van der Waals surface area contributed by atoms with Gasteiger partial charge < -0.3 is 16.4 Å². The molecule has 170 valence electrons. The predicted molar refractivity (Wildman–Crippen MR) is 125 cm³/mol. The molecule has 9 heteroatoms. The molecular formula is C23H29N5O3S. The molecule has 3 amide bonds. The Morgan fingerprint density at radius 3 is 2.59 bits per heavy atom. The fraction of sp³-hybridized carbons (Fsp3) is 0.391. The summed E-state index contributed by atoms with van der Waals surface area (Å²) in [5.41, 5.74) is 7.68. The van der Waals surface area contributed by atoms with Crippen molar-refractivity contribution >= 4 is 34.9 Å². The first-order chi connectivity index (χ1) is 15.4. The Bertz CT molecular complexity index is 980. The van der Waals surface area contributed by atoms with Crippen LogP contribution < -0.4 is 21.7 Å². The summed E-state index contributed by atoms with van der Waals surface area (Å²) in [4.78, 5) is 38.9. The van der Waals surface area contributed by atoms with Crippen LogP contribution in [0.4, 0.5) is 0 Å². The molecule has 2 heterocycles. The highest BCUT2D eigenvalue weighted by atomic mass is 32.1. The molecule has 0 radical (unpaired) electrons. The molecule has 1 saturated heterocycles. The van der Waals surface area contributed by atoms with Crippen LogP contribution in [-0.4, -0.2) is 42.2 Å². The number of thiophene rings is 1. The lowest BCUT2D eigenvalue weighted by Gasteiger charge is -2.19. The summed E-state index contributed by atoms with van der Waals surface area (Å²) in [6, 6.07) is 7.67. The summed E-state index contributed by atoms with van der Waals surface area (Å²) in [5.74, 6) is -1.39. The summed E-state index contributed by atoms with van der Waals surface area (Å²) >= 11 is 1.35. The first-order valence-corrected chi connectivity index (χ1v) is 11.6. The molecule has 1 fully saturated rings. The van der Waals surface area contributed by atoms with Gasteiger partial charge in [-0.05, 0) is 49.6 Å². The van der Waals surface area contributed by atoms with Crippen molar-refractivity contribution in [2.75, 3.05) is 6.54 Å². The van der Waals surface area contributed by atoms with E-state index in [-0.39, 0.29) is 24.1 Å². The first kappa shape index (κ1) is 23.6. The fourth-order valence-corrected chi connectivity index (χ4v) is 4.53. The summed E-state index contributed by atoms with van der Waals surface area (Å²) in [6.45, 7) is 2.83. The Hall–Kier alpha value is -3.04. The lowest BCUT2D eigenvalue weighted by molar-refractivity contribution is -0.132. The number of hydrogen-bond acceptors (Lipinski definition) is 6. The quantitative estimate of drug-likeness (QED) is 0.290. The Kier molecular flexibility index (Phi) is 8.13. The number of nitrogen functional groups attached to an aromatic ring is 1. The average molecular weight is 456 g/mol. The van der Waals surface area contributed by atoms with E-state index in [4.69, 9.17) is 11.1 Å². The number of nitrogens with one attached hydrogen (secondary N) is 4. The van der Waals surface area contributed by atoms with Gasteiger partial charge in [-0.1, -0.05) is 25.5 Å². The summed E-state index contributed by atoms with van der Waals surface area (Å²) < 4.78 is 0. The molecule has 1 aromatic heterocycles. The van der Waals surface area contributed by atoms with Crippen molar-refractivity contribution in [3.05, 3.63) is 57.3 Å². The van der Waals surface area contributed by atoms with Crippen molar-refractivity contribution in [3.63, 3.8) is 0 Å². The van der Waals surface area contributed by atoms with Crippen molar-refractivity contribution in [2.24, 2.45) is 5.73 Å². The van der Waals surface area contributed by atoms with Crippen molar-refractivity contribution in [1.29, 1.82) is 5.41 Å². The van der Waals surface area contributed by atoms with E-state index in [9.17, 15) is 14.4 Å². The van der Waals surface area contributed by atoms with E-state index in [2.05, 4.69) is 22.9 Å². The maximum absolute atomic E-state index is 12.9. The van der Waals surface area contributed by atoms with Crippen LogP contribution in [0.25, 0.3) is 0 Å². The average Bonchev–Trinajstić information content (AvgIpc) is 3.46. The van der Waals surface area contributed by atoms with Gasteiger partial charge in [0, 0.05) is 27.8 Å². The van der Waals surface area contributed by atoms with Gasteiger partial charge in [0.15, 0.2) is 0 Å². The minimum Gasteiger partial charge on any atom is -0.384 e. The van der Waals surface area contributed by atoms with E-state index >= 15 is 0 Å². The van der Waals surface area contributed by atoms with Crippen LogP contribution in [-0.2, 0) is 22.4 Å². The van der Waals surface area contributed by atoms with E-state index in [0.717, 1.165) is 36.2 Å². The molecule has 8 nitrogen and oxygen atoms in total. The van der Waals surface area contributed by atoms with Gasteiger partial charge in [0.05, 0.1) is 6.04 Å². The second kappa shape index (κ2) is 11.0. The van der Waals surface area contributed by atoms with Crippen LogP contribution in [0, 0.1) is 5.41 Å². The monoisotopic (exact) mass is 455 g/mol. The minimum absolute atomic E-state index is 0.0628. The number of carbonyl (C=O) groups is 3. The Labute approximate surface area is 191 Å². The van der Waals surface area contributed by atoms with Crippen LogP contribution in [0.15, 0.2) is 35.7 Å². The van der Waals surface area contributed by atoms with Crippen molar-refractivity contribution < 1.29 is 14.4 Å². The summed E-state index contributed by atoms with van der Waals surface area (Å²) in [6.07, 6.45) is 3.69. The van der Waals surface area contributed by atoms with Gasteiger partial charge in [-0.15, -0.1) is 11.3 Å². The van der Waals surface area contributed by atoms with E-state index in [1.54, 1.807) is 23.6 Å². The van der Waals surface area contributed by atoms with Gasteiger partial charge in [0.25, 0.3) is 5.91 Å². The molecule has 0 unspecified atom stereocenters. The van der Waals surface area contributed by atoms with E-state index in [0.29, 0.717) is 17.5 Å². The van der Waals surface area contributed by atoms with E-state index < -0.39 is 18.0 Å². The molecule has 1 aliphatic heterocycles. The zero-order valence-corrected chi connectivity index (χ0v) is 18.9. The molecule has 1 aliphatic rings. The van der Waals surface area contributed by atoms with Crippen molar-refractivity contribution in [1.82, 2.24) is 16.0 Å². The second-order valence-electron chi connectivity index (χ2n) is 7.89. The summed E-state index contributed by atoms with van der Waals surface area (Å²) in [5, 5.41) is 17.6. The number of hydrogen-bond donors (Lipinski definition) is 5. The van der Waals surface area contributed by atoms with Crippen LogP contribution in [0.2, 0.25) is 0 Å². The molecular weight excluding hydrogens is 426 g/mol. The number of amides is 3. The van der Waals surface area contributed by atoms with Crippen LogP contribution in [0.5, 0.6) is 0 Å². The third-order valence-electron chi connectivity index (χ3n) is 5.37. The number of carbonyl (C=O) groups excluding carboxylic acids is 3. The highest BCUT2D eigenvalue weighted by Crippen LogP contribution is 2.17. The van der Waals surface area contributed by atoms with Gasteiger partial charge in [0.2, 0.25) is 11.8 Å². The molecule has 6 N–H and O–H groups in total. The van der Waals surface area contributed by atoms with Gasteiger partial charge >= 0.3 is 0 Å². The second-order valence-corrected chi connectivity index (χ2v) is 8.89. The van der Waals surface area contributed by atoms with E-state index in [1.807, 2.05) is 12.1 Å². The van der Waals surface area contributed by atoms with Crippen molar-refractivity contribution in [3.8, 4) is 0 Å². The molecule has 0 aliphatic carbocycles. The number of amidine groups is 1. The Balaban J connectivity index is 1.73. The number of imide groups is 1. The Morgan fingerprint density at radius 1 is 1.25 bits per heavy atom. The third-order valence-corrected chi connectivity index (χ3v) is 6.33. The topological polar surface area (TPSA) is 137 Å². The minimum atomic E-state index is -0.943. The van der Waals surface area contributed by atoms with Crippen LogP contribution in [0.1, 0.15) is 52.5 Å². The SMILES string of the molecule is CCCc1ccc(C(=O)N[C@@H](Cc2cc(C(=N)N)cs2)C(=O)NC(=O)[C@@H]2CCCN2)cc1. The zero-order chi connectivity index (χ0) is 23.1. The molecule has 0 bridgehead atoms. The number of benzene rings is 1. The Morgan fingerprint density at radius 2 is 2.00 bits per heavy atom. The zero-order valence-electron chi connectivity index (χ0n) is 18.1. The maximum atomic E-state index is 12.9. The molecule has 0 saturated carbocycles. The third kappa shape index (κ3) is 6.24. The largest absolute Gasteiger partial charge is 0.384 e. The number of aryl methyl sites for hydroxylation is 1. The molecule has 32 heavy (non-hydrogen) atoms. The number of nitrogens with two attached hydrogens (primary N) is 1. The molecule has 2 atom stereocenters. The highest BCUT2D eigenvalue weighted by molar-refractivity contribution is 7.10.